The molecule has 0 saturated carbocycles. The van der Waals surface area contributed by atoms with Gasteiger partial charge in [0.15, 0.2) is 11.5 Å². The van der Waals surface area contributed by atoms with Crippen LogP contribution in [0.15, 0.2) is 66.7 Å². The Morgan fingerprint density at radius 2 is 1.70 bits per heavy atom. The molecule has 7 nitrogen and oxygen atoms in total. The molecule has 0 aromatic heterocycles. The van der Waals surface area contributed by atoms with Crippen LogP contribution in [-0.2, 0) is 28.9 Å². The second-order valence-corrected chi connectivity index (χ2v) is 10.9. The lowest BCUT2D eigenvalue weighted by molar-refractivity contribution is 0.0507. The molecule has 0 unspecified atom stereocenters. The number of hydrogen-bond donors (Lipinski definition) is 0. The van der Waals surface area contributed by atoms with Crippen LogP contribution in [0.1, 0.15) is 39.9 Å². The standard InChI is InChI=1S/C33H38N2O5/c1-37-32-19-24(8-13-31(32)40-30-20-26-5-2-3-6-27(26)21-30)22-35(23-29-7-4-16-39-29)33(36)25-9-11-28(12-10-25)34-14-17-38-18-15-34/h2-3,5-6,8-13,19,29-30H,4,7,14-18,20-23H2,1H3/t29-/m0/s1. The Hall–Kier alpha value is -3.55. The predicted molar refractivity (Wildman–Crippen MR) is 154 cm³/mol. The van der Waals surface area contributed by atoms with Gasteiger partial charge in [0, 0.05) is 56.9 Å². The summed E-state index contributed by atoms with van der Waals surface area (Å²) in [5.74, 6) is 1.43. The number of benzene rings is 3. The Kier molecular flexibility index (Phi) is 8.21. The highest BCUT2D eigenvalue weighted by atomic mass is 16.5. The van der Waals surface area contributed by atoms with Crippen LogP contribution in [0.25, 0.3) is 0 Å². The van der Waals surface area contributed by atoms with Crippen molar-refractivity contribution in [3.05, 3.63) is 89.0 Å². The van der Waals surface area contributed by atoms with Crippen molar-refractivity contribution in [2.24, 2.45) is 0 Å². The molecule has 2 heterocycles. The summed E-state index contributed by atoms with van der Waals surface area (Å²) >= 11 is 0. The zero-order valence-electron chi connectivity index (χ0n) is 23.2. The molecule has 1 atom stereocenters. The number of rotatable bonds is 9. The van der Waals surface area contributed by atoms with Crippen molar-refractivity contribution in [3.8, 4) is 11.5 Å². The molecule has 2 aliphatic heterocycles. The van der Waals surface area contributed by atoms with Gasteiger partial charge in [-0.3, -0.25) is 4.79 Å². The van der Waals surface area contributed by atoms with Crippen LogP contribution in [0.2, 0.25) is 0 Å². The van der Waals surface area contributed by atoms with Crippen LogP contribution in [-0.4, -0.2) is 69.6 Å². The highest BCUT2D eigenvalue weighted by Gasteiger charge is 2.26. The van der Waals surface area contributed by atoms with Gasteiger partial charge in [-0.05, 0) is 65.9 Å². The first-order valence-electron chi connectivity index (χ1n) is 14.4. The monoisotopic (exact) mass is 542 g/mol. The average molecular weight is 543 g/mol. The molecular formula is C33H38N2O5. The normalized spacial score (nSPS) is 18.9. The fourth-order valence-corrected chi connectivity index (χ4v) is 5.98. The molecule has 7 heteroatoms. The van der Waals surface area contributed by atoms with Gasteiger partial charge in [0.25, 0.3) is 5.91 Å². The lowest BCUT2D eigenvalue weighted by Crippen LogP contribution is -2.37. The number of amides is 1. The van der Waals surface area contributed by atoms with Gasteiger partial charge >= 0.3 is 0 Å². The van der Waals surface area contributed by atoms with Gasteiger partial charge in [-0.1, -0.05) is 30.3 Å². The second kappa shape index (κ2) is 12.3. The van der Waals surface area contributed by atoms with Gasteiger partial charge in [0.1, 0.15) is 6.10 Å². The third-order valence-electron chi connectivity index (χ3n) is 8.13. The number of morpholine rings is 1. The van der Waals surface area contributed by atoms with Crippen molar-refractivity contribution in [2.75, 3.05) is 51.5 Å². The smallest absolute Gasteiger partial charge is 0.254 e. The maximum atomic E-state index is 13.8. The summed E-state index contributed by atoms with van der Waals surface area (Å²) in [4.78, 5) is 18.0. The number of carbonyl (C=O) groups is 1. The molecule has 3 aliphatic rings. The molecule has 210 valence electrons. The number of ether oxygens (including phenoxy) is 4. The average Bonchev–Trinajstić information content (AvgIpc) is 3.67. The van der Waals surface area contributed by atoms with Crippen LogP contribution in [0.3, 0.4) is 0 Å². The third-order valence-corrected chi connectivity index (χ3v) is 8.13. The van der Waals surface area contributed by atoms with E-state index in [1.54, 1.807) is 7.11 Å². The lowest BCUT2D eigenvalue weighted by atomic mass is 10.1. The van der Waals surface area contributed by atoms with Crippen molar-refractivity contribution in [3.63, 3.8) is 0 Å². The Morgan fingerprint density at radius 3 is 2.38 bits per heavy atom. The van der Waals surface area contributed by atoms with Gasteiger partial charge in [-0.2, -0.15) is 0 Å². The summed E-state index contributed by atoms with van der Waals surface area (Å²) < 4.78 is 23.5. The molecule has 1 aliphatic carbocycles. The topological polar surface area (TPSA) is 60.5 Å². The van der Waals surface area contributed by atoms with E-state index in [4.69, 9.17) is 18.9 Å². The summed E-state index contributed by atoms with van der Waals surface area (Å²) in [6.07, 6.45) is 3.95. The number of nitrogens with zero attached hydrogens (tertiary/aromatic N) is 2. The van der Waals surface area contributed by atoms with Gasteiger partial charge in [-0.25, -0.2) is 0 Å². The van der Waals surface area contributed by atoms with Crippen molar-refractivity contribution in [1.29, 1.82) is 0 Å². The molecule has 6 rings (SSSR count). The number of methoxy groups -OCH3 is 1. The molecule has 3 aromatic carbocycles. The lowest BCUT2D eigenvalue weighted by Gasteiger charge is -2.29. The highest BCUT2D eigenvalue weighted by Crippen LogP contribution is 2.33. The van der Waals surface area contributed by atoms with Gasteiger partial charge < -0.3 is 28.7 Å². The third kappa shape index (κ3) is 6.11. The zero-order chi connectivity index (χ0) is 27.3. The van der Waals surface area contributed by atoms with E-state index in [2.05, 4.69) is 29.2 Å². The van der Waals surface area contributed by atoms with Crippen LogP contribution in [0.4, 0.5) is 5.69 Å². The maximum absolute atomic E-state index is 13.8. The molecule has 2 fully saturated rings. The number of fused-ring (bicyclic) bond motifs is 1. The van der Waals surface area contributed by atoms with Crippen molar-refractivity contribution in [1.82, 2.24) is 4.90 Å². The van der Waals surface area contributed by atoms with E-state index >= 15 is 0 Å². The van der Waals surface area contributed by atoms with Crippen molar-refractivity contribution >= 4 is 11.6 Å². The number of carbonyl (C=O) groups excluding carboxylic acids is 1. The first kappa shape index (κ1) is 26.7. The molecular weight excluding hydrogens is 504 g/mol. The Balaban J connectivity index is 1.16. The quantitative estimate of drug-likeness (QED) is 0.384. The van der Waals surface area contributed by atoms with E-state index in [-0.39, 0.29) is 18.1 Å². The molecule has 0 radical (unpaired) electrons. The Morgan fingerprint density at radius 1 is 0.950 bits per heavy atom. The van der Waals surface area contributed by atoms with E-state index in [0.29, 0.717) is 24.4 Å². The maximum Gasteiger partial charge on any atom is 0.254 e. The van der Waals surface area contributed by atoms with Crippen molar-refractivity contribution in [2.45, 2.75) is 44.4 Å². The first-order chi connectivity index (χ1) is 19.7. The summed E-state index contributed by atoms with van der Waals surface area (Å²) in [6.45, 7) is 4.99. The minimum Gasteiger partial charge on any atom is -0.493 e. The Labute approximate surface area is 236 Å². The first-order valence-corrected chi connectivity index (χ1v) is 14.4. The van der Waals surface area contributed by atoms with Crippen LogP contribution >= 0.6 is 0 Å². The van der Waals surface area contributed by atoms with Crippen LogP contribution in [0, 0.1) is 0 Å². The molecule has 0 bridgehead atoms. The minimum absolute atomic E-state index is 0.00652. The van der Waals surface area contributed by atoms with Crippen LogP contribution in [0.5, 0.6) is 11.5 Å². The van der Waals surface area contributed by atoms with E-state index in [1.807, 2.05) is 47.4 Å². The van der Waals surface area contributed by atoms with E-state index in [1.165, 1.54) is 11.1 Å². The largest absolute Gasteiger partial charge is 0.493 e. The summed E-state index contributed by atoms with van der Waals surface area (Å²) in [5, 5.41) is 0. The fraction of sp³-hybridized carbons (Fsp3) is 0.424. The van der Waals surface area contributed by atoms with E-state index in [0.717, 1.165) is 75.6 Å². The van der Waals surface area contributed by atoms with Gasteiger partial charge in [0.05, 0.1) is 26.4 Å². The summed E-state index contributed by atoms with van der Waals surface area (Å²) in [6, 6.07) is 22.5. The molecule has 0 spiro atoms. The van der Waals surface area contributed by atoms with E-state index < -0.39 is 0 Å². The molecule has 40 heavy (non-hydrogen) atoms. The second-order valence-electron chi connectivity index (χ2n) is 10.9. The highest BCUT2D eigenvalue weighted by molar-refractivity contribution is 5.94. The molecule has 0 N–H and O–H groups in total. The zero-order valence-corrected chi connectivity index (χ0v) is 23.2. The predicted octanol–water partition coefficient (Wildman–Crippen LogP) is 4.90. The summed E-state index contributed by atoms with van der Waals surface area (Å²) in [5.41, 5.74) is 5.50. The Bertz CT molecular complexity index is 1270. The van der Waals surface area contributed by atoms with Gasteiger partial charge in [0.2, 0.25) is 0 Å². The number of anilines is 1. The SMILES string of the molecule is COc1cc(CN(C[C@@H]2CCCO2)C(=O)c2ccc(N3CCOCC3)cc2)ccc1OC1Cc2ccccc2C1. The fourth-order valence-electron chi connectivity index (χ4n) is 5.98. The minimum atomic E-state index is 0.00652. The number of hydrogen-bond acceptors (Lipinski definition) is 6. The molecule has 2 saturated heterocycles. The molecule has 1 amide bonds. The van der Waals surface area contributed by atoms with Crippen LogP contribution < -0.4 is 14.4 Å². The summed E-state index contributed by atoms with van der Waals surface area (Å²) in [7, 11) is 1.67. The van der Waals surface area contributed by atoms with Crippen molar-refractivity contribution < 1.29 is 23.7 Å². The van der Waals surface area contributed by atoms with Gasteiger partial charge in [-0.15, -0.1) is 0 Å². The molecule has 3 aromatic rings. The van der Waals surface area contributed by atoms with E-state index in [9.17, 15) is 4.79 Å².